The van der Waals surface area contributed by atoms with Crippen molar-refractivity contribution in [3.05, 3.63) is 60.7 Å². The smallest absolute Gasteiger partial charge is 0.0757 e. The average Bonchev–Trinajstić information content (AvgIpc) is 3.38. The Labute approximate surface area is 160 Å². The van der Waals surface area contributed by atoms with E-state index >= 15 is 0 Å². The van der Waals surface area contributed by atoms with E-state index < -0.39 is 0 Å². The molecule has 0 saturated carbocycles. The second kappa shape index (κ2) is 4.65. The first-order valence-corrected chi connectivity index (χ1v) is 11.0. The van der Waals surface area contributed by atoms with E-state index in [4.69, 9.17) is 0 Å². The van der Waals surface area contributed by atoms with Crippen LogP contribution in [0.2, 0.25) is 0 Å². The van der Waals surface area contributed by atoms with Crippen molar-refractivity contribution >= 4 is 94.8 Å². The summed E-state index contributed by atoms with van der Waals surface area (Å²) in [6, 6.07) is 21.9. The molecule has 0 radical (unpaired) electrons. The van der Waals surface area contributed by atoms with E-state index in [1.165, 1.54) is 60.8 Å². The summed E-state index contributed by atoms with van der Waals surface area (Å²) in [4.78, 5) is 3.77. The number of H-pyrrole nitrogens is 1. The van der Waals surface area contributed by atoms with E-state index in [1.54, 1.807) is 0 Å². The number of hydrogen-bond donors (Lipinski definition) is 1. The van der Waals surface area contributed by atoms with Gasteiger partial charge in [0, 0.05) is 20.9 Å². The number of aromatic amines is 1. The van der Waals surface area contributed by atoms with E-state index in [2.05, 4.69) is 65.6 Å². The summed E-state index contributed by atoms with van der Waals surface area (Å²) >= 11 is 5.82. The first-order valence-electron chi connectivity index (χ1n) is 8.54. The summed E-state index contributed by atoms with van der Waals surface area (Å²) in [5, 5.41) is 5.35. The van der Waals surface area contributed by atoms with Crippen LogP contribution in [0, 0.1) is 0 Å². The Morgan fingerprint density at radius 1 is 0.500 bits per heavy atom. The van der Waals surface area contributed by atoms with Crippen LogP contribution in [-0.4, -0.2) is 4.98 Å². The molecule has 4 aromatic heterocycles. The fraction of sp³-hybridized carbons (Fsp3) is 0. The van der Waals surface area contributed by atoms with Gasteiger partial charge in [-0.1, -0.05) is 54.6 Å². The molecule has 3 aromatic carbocycles. The first kappa shape index (κ1) is 13.8. The molecule has 0 atom stereocenters. The largest absolute Gasteiger partial charge is 0.352 e. The Morgan fingerprint density at radius 3 is 2.23 bits per heavy atom. The highest BCUT2D eigenvalue weighted by molar-refractivity contribution is 7.43. The van der Waals surface area contributed by atoms with Crippen LogP contribution in [0.4, 0.5) is 0 Å². The summed E-state index contributed by atoms with van der Waals surface area (Å²) in [5.41, 5.74) is 2.58. The van der Waals surface area contributed by atoms with Crippen LogP contribution in [0.25, 0.3) is 60.8 Å². The second-order valence-corrected chi connectivity index (χ2v) is 9.75. The second-order valence-electron chi connectivity index (χ2n) is 6.66. The topological polar surface area (TPSA) is 15.8 Å². The first-order chi connectivity index (χ1) is 12.9. The summed E-state index contributed by atoms with van der Waals surface area (Å²) in [6.45, 7) is 0. The summed E-state index contributed by atoms with van der Waals surface area (Å²) in [7, 11) is 0. The van der Waals surface area contributed by atoms with E-state index in [-0.39, 0.29) is 0 Å². The molecule has 4 heterocycles. The van der Waals surface area contributed by atoms with Crippen molar-refractivity contribution in [1.82, 2.24) is 4.98 Å². The minimum atomic E-state index is 1.27. The Morgan fingerprint density at radius 2 is 1.27 bits per heavy atom. The van der Waals surface area contributed by atoms with E-state index in [1.807, 2.05) is 34.0 Å². The molecule has 7 aromatic rings. The zero-order valence-electron chi connectivity index (χ0n) is 13.5. The molecule has 26 heavy (non-hydrogen) atoms. The lowest BCUT2D eigenvalue weighted by atomic mass is 10.1. The minimum Gasteiger partial charge on any atom is -0.352 e. The quantitative estimate of drug-likeness (QED) is 0.271. The van der Waals surface area contributed by atoms with Crippen LogP contribution in [0.5, 0.6) is 0 Å². The molecule has 0 bridgehead atoms. The predicted octanol–water partition coefficient (Wildman–Crippen LogP) is 8.12. The molecule has 0 amide bonds. The number of fused-ring (bicyclic) bond motifs is 11. The Bertz CT molecular complexity index is 1630. The van der Waals surface area contributed by atoms with Gasteiger partial charge in [0.15, 0.2) is 0 Å². The molecule has 1 nitrogen and oxygen atoms in total. The molecule has 0 aliphatic rings. The lowest BCUT2D eigenvalue weighted by Gasteiger charge is -1.98. The number of nitrogens with one attached hydrogen (secondary N) is 1. The van der Waals surface area contributed by atoms with Gasteiger partial charge in [0.2, 0.25) is 0 Å². The zero-order valence-corrected chi connectivity index (χ0v) is 15.9. The molecule has 1 N–H and O–H groups in total. The minimum absolute atomic E-state index is 1.27. The van der Waals surface area contributed by atoms with Crippen LogP contribution in [0.15, 0.2) is 60.7 Å². The molecule has 0 fully saturated rings. The third-order valence-electron chi connectivity index (χ3n) is 5.25. The van der Waals surface area contributed by atoms with Gasteiger partial charge in [0.25, 0.3) is 0 Å². The SMILES string of the molecule is c1ccc2c(c1)ccc1c2[nH]c2c1sc1c2sc2c3ccccc3sc21. The zero-order chi connectivity index (χ0) is 16.8. The van der Waals surface area contributed by atoms with Gasteiger partial charge >= 0.3 is 0 Å². The third kappa shape index (κ3) is 1.56. The van der Waals surface area contributed by atoms with E-state index in [0.717, 1.165) is 0 Å². The van der Waals surface area contributed by atoms with Crippen LogP contribution in [0.3, 0.4) is 0 Å². The average molecular weight is 386 g/mol. The number of hydrogen-bond acceptors (Lipinski definition) is 3. The van der Waals surface area contributed by atoms with Gasteiger partial charge in [0.05, 0.1) is 34.5 Å². The van der Waals surface area contributed by atoms with Gasteiger partial charge in [-0.05, 0) is 11.5 Å². The van der Waals surface area contributed by atoms with Crippen molar-refractivity contribution in [2.24, 2.45) is 0 Å². The molecule has 4 heteroatoms. The maximum atomic E-state index is 3.77. The molecule has 0 aliphatic carbocycles. The van der Waals surface area contributed by atoms with Crippen molar-refractivity contribution < 1.29 is 0 Å². The molecule has 0 spiro atoms. The summed E-state index contributed by atoms with van der Waals surface area (Å²) < 4.78 is 8.54. The van der Waals surface area contributed by atoms with E-state index in [9.17, 15) is 0 Å². The maximum absolute atomic E-state index is 3.77. The van der Waals surface area contributed by atoms with Crippen molar-refractivity contribution in [3.63, 3.8) is 0 Å². The molecular weight excluding hydrogens is 374 g/mol. The molecule has 7 rings (SSSR count). The highest BCUT2D eigenvalue weighted by Crippen LogP contribution is 2.51. The predicted molar refractivity (Wildman–Crippen MR) is 119 cm³/mol. The standard InChI is InChI=1S/C22H11NS3/c1-2-6-12-11(5-1)9-10-14-16(12)23-17-18(14)25-22-20(17)26-19-13-7-3-4-8-15(13)24-21(19)22/h1-10,23H. The lowest BCUT2D eigenvalue weighted by Crippen LogP contribution is -1.74. The Balaban J connectivity index is 1.69. The van der Waals surface area contributed by atoms with E-state index in [0.29, 0.717) is 0 Å². The lowest BCUT2D eigenvalue weighted by molar-refractivity contribution is 1.59. The van der Waals surface area contributed by atoms with Gasteiger partial charge in [-0.25, -0.2) is 0 Å². The summed E-state index contributed by atoms with van der Waals surface area (Å²) in [6.07, 6.45) is 0. The fourth-order valence-corrected chi connectivity index (χ4v) is 8.38. The monoisotopic (exact) mass is 385 g/mol. The molecule has 122 valence electrons. The van der Waals surface area contributed by atoms with Crippen molar-refractivity contribution in [3.8, 4) is 0 Å². The van der Waals surface area contributed by atoms with Gasteiger partial charge in [-0.2, -0.15) is 0 Å². The van der Waals surface area contributed by atoms with Gasteiger partial charge < -0.3 is 4.98 Å². The Hall–Kier alpha value is -2.40. The van der Waals surface area contributed by atoms with Crippen LogP contribution < -0.4 is 0 Å². The maximum Gasteiger partial charge on any atom is 0.0757 e. The normalized spacial score (nSPS) is 12.6. The number of aromatic nitrogens is 1. The molecular formula is C22H11NS3. The number of thiophene rings is 3. The molecule has 0 aliphatic heterocycles. The fourth-order valence-electron chi connectivity index (χ4n) is 4.06. The Kier molecular flexibility index (Phi) is 2.46. The molecule has 0 unspecified atom stereocenters. The summed E-state index contributed by atoms with van der Waals surface area (Å²) in [5.74, 6) is 0. The number of benzene rings is 3. The van der Waals surface area contributed by atoms with Crippen LogP contribution in [-0.2, 0) is 0 Å². The van der Waals surface area contributed by atoms with Crippen molar-refractivity contribution in [1.29, 1.82) is 0 Å². The highest BCUT2D eigenvalue weighted by atomic mass is 32.1. The van der Waals surface area contributed by atoms with Crippen LogP contribution in [0.1, 0.15) is 0 Å². The van der Waals surface area contributed by atoms with Gasteiger partial charge in [0.1, 0.15) is 0 Å². The van der Waals surface area contributed by atoms with Gasteiger partial charge in [-0.15, -0.1) is 34.0 Å². The molecule has 0 saturated heterocycles. The van der Waals surface area contributed by atoms with Gasteiger partial charge in [-0.3, -0.25) is 0 Å². The third-order valence-corrected chi connectivity index (χ3v) is 9.31. The highest BCUT2D eigenvalue weighted by Gasteiger charge is 2.19. The number of rotatable bonds is 0. The van der Waals surface area contributed by atoms with Crippen molar-refractivity contribution in [2.75, 3.05) is 0 Å². The van der Waals surface area contributed by atoms with Crippen molar-refractivity contribution in [2.45, 2.75) is 0 Å². The van der Waals surface area contributed by atoms with Crippen LogP contribution >= 0.6 is 34.0 Å².